The fourth-order valence-corrected chi connectivity index (χ4v) is 1.74. The molecule has 0 saturated heterocycles. The Balaban J connectivity index is 2.93. The lowest BCUT2D eigenvalue weighted by Crippen LogP contribution is -2.35. The molecule has 0 bridgehead atoms. The molecule has 84 valence electrons. The minimum Gasteiger partial charge on any atom is -0.393 e. The molecule has 0 spiro atoms. The maximum absolute atomic E-state index is 9.80. The number of aliphatic hydroxyl groups is 3. The molecule has 1 rings (SSSR count). The second kappa shape index (κ2) is 5.26. The first kappa shape index (κ1) is 12.2. The van der Waals surface area contributed by atoms with E-state index in [1.54, 1.807) is 6.92 Å². The normalized spacial score (nSPS) is 19.3. The third-order valence-corrected chi connectivity index (χ3v) is 2.57. The third-order valence-electron chi connectivity index (χ3n) is 2.57. The quantitative estimate of drug-likeness (QED) is 0.691. The molecule has 0 fully saturated rings. The fraction of sp³-hybridized carbons (Fsp3) is 0.500. The maximum atomic E-state index is 9.80. The largest absolute Gasteiger partial charge is 0.393 e. The molecule has 3 nitrogen and oxygen atoms in total. The van der Waals surface area contributed by atoms with Crippen molar-refractivity contribution in [3.63, 3.8) is 0 Å². The van der Waals surface area contributed by atoms with E-state index in [-0.39, 0.29) is 0 Å². The minimum absolute atomic E-state index is 0.453. The van der Waals surface area contributed by atoms with E-state index in [1.165, 1.54) is 6.92 Å². The first-order chi connectivity index (χ1) is 7.04. The molecule has 0 aromatic heterocycles. The molecular weight excluding hydrogens is 192 g/mol. The molecule has 0 heterocycles. The van der Waals surface area contributed by atoms with Crippen molar-refractivity contribution in [2.75, 3.05) is 0 Å². The van der Waals surface area contributed by atoms with Crippen molar-refractivity contribution in [1.82, 2.24) is 0 Å². The summed E-state index contributed by atoms with van der Waals surface area (Å²) >= 11 is 0. The smallest absolute Gasteiger partial charge is 0.0889 e. The second-order valence-electron chi connectivity index (χ2n) is 3.91. The number of benzene rings is 1. The van der Waals surface area contributed by atoms with Crippen LogP contribution in [0.2, 0.25) is 0 Å². The van der Waals surface area contributed by atoms with Crippen LogP contribution in [-0.4, -0.2) is 33.6 Å². The predicted molar refractivity (Wildman–Crippen MR) is 58.6 cm³/mol. The summed E-state index contributed by atoms with van der Waals surface area (Å²) in [7, 11) is 0. The Labute approximate surface area is 90.0 Å². The van der Waals surface area contributed by atoms with Crippen molar-refractivity contribution in [2.45, 2.75) is 38.1 Å². The first-order valence-corrected chi connectivity index (χ1v) is 5.13. The number of hydrogen-bond acceptors (Lipinski definition) is 3. The van der Waals surface area contributed by atoms with Gasteiger partial charge in [-0.05, 0) is 19.4 Å². The van der Waals surface area contributed by atoms with Gasteiger partial charge in [0, 0.05) is 5.92 Å². The van der Waals surface area contributed by atoms with Gasteiger partial charge in [-0.2, -0.15) is 0 Å². The molecule has 1 aromatic carbocycles. The zero-order valence-corrected chi connectivity index (χ0v) is 9.04. The van der Waals surface area contributed by atoms with Gasteiger partial charge in [0.15, 0.2) is 0 Å². The number of rotatable bonds is 4. The van der Waals surface area contributed by atoms with E-state index < -0.39 is 24.2 Å². The maximum Gasteiger partial charge on any atom is 0.0889 e. The highest BCUT2D eigenvalue weighted by molar-refractivity contribution is 5.22. The van der Waals surface area contributed by atoms with Gasteiger partial charge in [0.1, 0.15) is 0 Å². The summed E-state index contributed by atoms with van der Waals surface area (Å²) in [6, 6.07) is 9.24. The van der Waals surface area contributed by atoms with Crippen LogP contribution in [-0.2, 0) is 0 Å². The van der Waals surface area contributed by atoms with Crippen molar-refractivity contribution in [2.24, 2.45) is 0 Å². The summed E-state index contributed by atoms with van der Waals surface area (Å²) in [5.41, 5.74) is 0.834. The summed E-state index contributed by atoms with van der Waals surface area (Å²) in [6.07, 6.45) is -2.51. The minimum atomic E-state index is -0.951. The average molecular weight is 210 g/mol. The van der Waals surface area contributed by atoms with Crippen LogP contribution in [0.3, 0.4) is 0 Å². The van der Waals surface area contributed by atoms with Crippen LogP contribution in [0.15, 0.2) is 30.3 Å². The van der Waals surface area contributed by atoms with Gasteiger partial charge in [0.05, 0.1) is 18.3 Å². The first-order valence-electron chi connectivity index (χ1n) is 5.13. The second-order valence-corrected chi connectivity index (χ2v) is 3.91. The third kappa shape index (κ3) is 3.02. The lowest BCUT2D eigenvalue weighted by Gasteiger charge is -2.27. The van der Waals surface area contributed by atoms with E-state index in [4.69, 9.17) is 0 Å². The van der Waals surface area contributed by atoms with Crippen molar-refractivity contribution < 1.29 is 15.3 Å². The average Bonchev–Trinajstić information content (AvgIpc) is 2.18. The highest BCUT2D eigenvalue weighted by Crippen LogP contribution is 2.25. The van der Waals surface area contributed by atoms with Gasteiger partial charge < -0.3 is 15.3 Å². The van der Waals surface area contributed by atoms with Crippen LogP contribution in [0.1, 0.15) is 25.3 Å². The topological polar surface area (TPSA) is 60.7 Å². The fourth-order valence-electron chi connectivity index (χ4n) is 1.74. The monoisotopic (exact) mass is 210 g/mol. The van der Waals surface area contributed by atoms with Gasteiger partial charge >= 0.3 is 0 Å². The van der Waals surface area contributed by atoms with E-state index in [9.17, 15) is 15.3 Å². The Hall–Kier alpha value is -0.900. The highest BCUT2D eigenvalue weighted by atomic mass is 16.3. The molecule has 0 aliphatic rings. The van der Waals surface area contributed by atoms with E-state index in [0.717, 1.165) is 5.56 Å². The van der Waals surface area contributed by atoms with Crippen LogP contribution in [0.5, 0.6) is 0 Å². The van der Waals surface area contributed by atoms with Crippen LogP contribution < -0.4 is 0 Å². The molecule has 4 unspecified atom stereocenters. The van der Waals surface area contributed by atoms with Gasteiger partial charge in [0.2, 0.25) is 0 Å². The van der Waals surface area contributed by atoms with Gasteiger partial charge in [-0.3, -0.25) is 0 Å². The lowest BCUT2D eigenvalue weighted by molar-refractivity contribution is -0.0176. The Bertz CT molecular complexity index is 282. The Morgan fingerprint density at radius 2 is 1.40 bits per heavy atom. The molecule has 0 radical (unpaired) electrons. The predicted octanol–water partition coefficient (Wildman–Crippen LogP) is 0.893. The van der Waals surface area contributed by atoms with E-state index in [2.05, 4.69) is 0 Å². The van der Waals surface area contributed by atoms with Crippen LogP contribution >= 0.6 is 0 Å². The summed E-state index contributed by atoms with van der Waals surface area (Å²) in [4.78, 5) is 0. The van der Waals surface area contributed by atoms with Crippen LogP contribution in [0, 0.1) is 0 Å². The Morgan fingerprint density at radius 3 is 1.80 bits per heavy atom. The van der Waals surface area contributed by atoms with Crippen molar-refractivity contribution >= 4 is 0 Å². The summed E-state index contributed by atoms with van der Waals surface area (Å²) in [6.45, 7) is 3.13. The summed E-state index contributed by atoms with van der Waals surface area (Å²) in [5, 5.41) is 28.8. The SMILES string of the molecule is CC(O)C(O)C(c1ccccc1)C(C)O. The molecule has 4 atom stereocenters. The van der Waals surface area contributed by atoms with E-state index in [0.29, 0.717) is 0 Å². The van der Waals surface area contributed by atoms with Gasteiger partial charge in [-0.1, -0.05) is 30.3 Å². The van der Waals surface area contributed by atoms with Gasteiger partial charge in [0.25, 0.3) is 0 Å². The van der Waals surface area contributed by atoms with Crippen molar-refractivity contribution in [1.29, 1.82) is 0 Å². The zero-order valence-electron chi connectivity index (χ0n) is 9.04. The molecule has 0 aliphatic carbocycles. The Morgan fingerprint density at radius 1 is 0.867 bits per heavy atom. The Kier molecular flexibility index (Phi) is 4.27. The lowest BCUT2D eigenvalue weighted by atomic mass is 9.87. The van der Waals surface area contributed by atoms with Crippen LogP contribution in [0.4, 0.5) is 0 Å². The number of aliphatic hydroxyl groups excluding tert-OH is 3. The molecule has 3 N–H and O–H groups in total. The molecule has 1 aromatic rings. The molecule has 3 heteroatoms. The summed E-state index contributed by atoms with van der Waals surface area (Å²) < 4.78 is 0. The van der Waals surface area contributed by atoms with Gasteiger partial charge in [-0.15, -0.1) is 0 Å². The molecule has 0 amide bonds. The zero-order chi connectivity index (χ0) is 11.4. The molecular formula is C12H18O3. The van der Waals surface area contributed by atoms with E-state index in [1.807, 2.05) is 30.3 Å². The van der Waals surface area contributed by atoms with Crippen LogP contribution in [0.25, 0.3) is 0 Å². The molecule has 0 aliphatic heterocycles. The molecule has 15 heavy (non-hydrogen) atoms. The number of hydrogen-bond donors (Lipinski definition) is 3. The van der Waals surface area contributed by atoms with E-state index >= 15 is 0 Å². The highest BCUT2D eigenvalue weighted by Gasteiger charge is 2.28. The standard InChI is InChI=1S/C12H18O3/c1-8(13)11(12(15)9(2)14)10-6-4-3-5-7-10/h3-9,11-15H,1-2H3. The molecule has 0 saturated carbocycles. The summed E-state index contributed by atoms with van der Waals surface area (Å²) in [5.74, 6) is -0.453. The van der Waals surface area contributed by atoms with Gasteiger partial charge in [-0.25, -0.2) is 0 Å². The van der Waals surface area contributed by atoms with Crippen molar-refractivity contribution in [3.05, 3.63) is 35.9 Å². The van der Waals surface area contributed by atoms with Crippen molar-refractivity contribution in [3.8, 4) is 0 Å².